The molecule has 5 heteroatoms. The zero-order chi connectivity index (χ0) is 12.1. The Balaban J connectivity index is 1.85. The molecule has 1 fully saturated rings. The highest BCUT2D eigenvalue weighted by Gasteiger charge is 2.21. The standard InChI is InChI=1S/C12H17N3O2/c13-10-14-6-8-15(9-7-14)12(16)17-11-4-2-1-3-5-11/h1-5H,6-10,13H2. The Kier molecular flexibility index (Phi) is 3.95. The van der Waals surface area contributed by atoms with Gasteiger partial charge in [-0.15, -0.1) is 0 Å². The highest BCUT2D eigenvalue weighted by Crippen LogP contribution is 2.11. The van der Waals surface area contributed by atoms with Gasteiger partial charge in [0, 0.05) is 32.8 Å². The molecule has 1 saturated heterocycles. The van der Waals surface area contributed by atoms with Crippen LogP contribution in [0.2, 0.25) is 0 Å². The molecule has 0 atom stereocenters. The van der Waals surface area contributed by atoms with Crippen LogP contribution in [0.25, 0.3) is 0 Å². The second kappa shape index (κ2) is 5.65. The number of nitrogens with zero attached hydrogens (tertiary/aromatic N) is 2. The lowest BCUT2D eigenvalue weighted by atomic mass is 10.3. The van der Waals surface area contributed by atoms with E-state index in [1.807, 2.05) is 18.2 Å². The molecule has 1 aromatic rings. The van der Waals surface area contributed by atoms with Gasteiger partial charge in [-0.3, -0.25) is 4.90 Å². The van der Waals surface area contributed by atoms with Gasteiger partial charge in [0.2, 0.25) is 0 Å². The maximum absolute atomic E-state index is 11.8. The van der Waals surface area contributed by atoms with Gasteiger partial charge in [-0.05, 0) is 12.1 Å². The molecule has 0 spiro atoms. The SMILES string of the molecule is NCN1CCN(C(=O)Oc2ccccc2)CC1. The van der Waals surface area contributed by atoms with E-state index in [0.29, 0.717) is 25.5 Å². The summed E-state index contributed by atoms with van der Waals surface area (Å²) >= 11 is 0. The van der Waals surface area contributed by atoms with Gasteiger partial charge < -0.3 is 15.4 Å². The molecule has 0 aromatic heterocycles. The van der Waals surface area contributed by atoms with E-state index >= 15 is 0 Å². The maximum atomic E-state index is 11.8. The predicted molar refractivity (Wildman–Crippen MR) is 64.7 cm³/mol. The third-order valence-corrected chi connectivity index (χ3v) is 2.84. The number of nitrogens with two attached hydrogens (primary N) is 1. The number of piperazine rings is 1. The summed E-state index contributed by atoms with van der Waals surface area (Å²) < 4.78 is 5.26. The first-order chi connectivity index (χ1) is 8.29. The molecule has 0 bridgehead atoms. The zero-order valence-corrected chi connectivity index (χ0v) is 9.71. The van der Waals surface area contributed by atoms with Crippen molar-refractivity contribution in [2.24, 2.45) is 5.73 Å². The van der Waals surface area contributed by atoms with Gasteiger partial charge in [-0.25, -0.2) is 4.79 Å². The summed E-state index contributed by atoms with van der Waals surface area (Å²) in [6, 6.07) is 9.11. The lowest BCUT2D eigenvalue weighted by Crippen LogP contribution is -2.50. The van der Waals surface area contributed by atoms with E-state index in [9.17, 15) is 4.79 Å². The minimum absolute atomic E-state index is 0.284. The van der Waals surface area contributed by atoms with E-state index in [1.165, 1.54) is 0 Å². The number of benzene rings is 1. The first-order valence-electron chi connectivity index (χ1n) is 5.74. The molecule has 1 aliphatic rings. The van der Waals surface area contributed by atoms with Crippen LogP contribution in [0.3, 0.4) is 0 Å². The fraction of sp³-hybridized carbons (Fsp3) is 0.417. The van der Waals surface area contributed by atoms with Gasteiger partial charge >= 0.3 is 6.09 Å². The molecule has 0 radical (unpaired) electrons. The minimum Gasteiger partial charge on any atom is -0.410 e. The Bertz CT molecular complexity index is 361. The first kappa shape index (κ1) is 11.9. The number of carbonyl (C=O) groups is 1. The topological polar surface area (TPSA) is 58.8 Å². The van der Waals surface area contributed by atoms with Crippen molar-refractivity contribution in [3.8, 4) is 5.75 Å². The van der Waals surface area contributed by atoms with E-state index in [4.69, 9.17) is 10.5 Å². The van der Waals surface area contributed by atoms with E-state index in [-0.39, 0.29) is 6.09 Å². The Labute approximate surface area is 101 Å². The largest absolute Gasteiger partial charge is 0.415 e. The molecule has 0 aliphatic carbocycles. The molecule has 1 aliphatic heterocycles. The van der Waals surface area contributed by atoms with Crippen molar-refractivity contribution in [2.45, 2.75) is 0 Å². The van der Waals surface area contributed by atoms with Crippen LogP contribution < -0.4 is 10.5 Å². The molecule has 92 valence electrons. The van der Waals surface area contributed by atoms with Crippen molar-refractivity contribution in [3.05, 3.63) is 30.3 Å². The second-order valence-electron chi connectivity index (χ2n) is 3.97. The Morgan fingerprint density at radius 2 is 1.82 bits per heavy atom. The van der Waals surface area contributed by atoms with Crippen molar-refractivity contribution in [1.82, 2.24) is 9.80 Å². The van der Waals surface area contributed by atoms with Crippen LogP contribution in [0.4, 0.5) is 4.79 Å². The van der Waals surface area contributed by atoms with E-state index < -0.39 is 0 Å². The van der Waals surface area contributed by atoms with E-state index in [2.05, 4.69) is 4.90 Å². The number of hydrogen-bond acceptors (Lipinski definition) is 4. The van der Waals surface area contributed by atoms with Crippen LogP contribution in [-0.4, -0.2) is 48.7 Å². The van der Waals surface area contributed by atoms with Crippen molar-refractivity contribution in [1.29, 1.82) is 0 Å². The minimum atomic E-state index is -0.284. The molecular weight excluding hydrogens is 218 g/mol. The van der Waals surface area contributed by atoms with Crippen LogP contribution in [0.1, 0.15) is 0 Å². The number of carbonyl (C=O) groups excluding carboxylic acids is 1. The highest BCUT2D eigenvalue weighted by molar-refractivity contribution is 5.70. The van der Waals surface area contributed by atoms with Crippen LogP contribution in [0, 0.1) is 0 Å². The van der Waals surface area contributed by atoms with Crippen LogP contribution in [0.5, 0.6) is 5.75 Å². The summed E-state index contributed by atoms with van der Waals surface area (Å²) in [6.45, 7) is 3.49. The van der Waals surface area contributed by atoms with Crippen molar-refractivity contribution >= 4 is 6.09 Å². The summed E-state index contributed by atoms with van der Waals surface area (Å²) in [4.78, 5) is 15.6. The molecule has 2 N–H and O–H groups in total. The molecule has 2 rings (SSSR count). The van der Waals surface area contributed by atoms with Gasteiger partial charge in [-0.1, -0.05) is 18.2 Å². The molecular formula is C12H17N3O2. The Morgan fingerprint density at radius 1 is 1.18 bits per heavy atom. The molecule has 0 unspecified atom stereocenters. The summed E-state index contributed by atoms with van der Waals surface area (Å²) in [5.41, 5.74) is 5.54. The fourth-order valence-corrected chi connectivity index (χ4v) is 1.77. The lowest BCUT2D eigenvalue weighted by Gasteiger charge is -2.32. The van der Waals surface area contributed by atoms with Gasteiger partial charge in [0.05, 0.1) is 0 Å². The number of ether oxygens (including phenoxy) is 1. The smallest absolute Gasteiger partial charge is 0.410 e. The third-order valence-electron chi connectivity index (χ3n) is 2.84. The van der Waals surface area contributed by atoms with Crippen LogP contribution in [0.15, 0.2) is 30.3 Å². The van der Waals surface area contributed by atoms with Crippen LogP contribution in [-0.2, 0) is 0 Å². The third kappa shape index (κ3) is 3.18. The zero-order valence-electron chi connectivity index (χ0n) is 9.71. The molecule has 1 aromatic carbocycles. The molecule has 1 heterocycles. The summed E-state index contributed by atoms with van der Waals surface area (Å²) in [5, 5.41) is 0. The van der Waals surface area contributed by atoms with Gasteiger partial charge in [0.1, 0.15) is 5.75 Å². The predicted octanol–water partition coefficient (Wildman–Crippen LogP) is 0.719. The first-order valence-corrected chi connectivity index (χ1v) is 5.74. The Morgan fingerprint density at radius 3 is 2.41 bits per heavy atom. The van der Waals surface area contributed by atoms with Gasteiger partial charge in [0.15, 0.2) is 0 Å². The average molecular weight is 235 g/mol. The molecule has 1 amide bonds. The number of amides is 1. The number of hydrogen-bond donors (Lipinski definition) is 1. The lowest BCUT2D eigenvalue weighted by molar-refractivity contribution is 0.112. The van der Waals surface area contributed by atoms with Gasteiger partial charge in [-0.2, -0.15) is 0 Å². The Hall–Kier alpha value is -1.59. The normalized spacial score (nSPS) is 16.9. The molecule has 17 heavy (non-hydrogen) atoms. The number of rotatable bonds is 2. The van der Waals surface area contributed by atoms with Crippen molar-refractivity contribution in [3.63, 3.8) is 0 Å². The molecule has 5 nitrogen and oxygen atoms in total. The van der Waals surface area contributed by atoms with Crippen LogP contribution >= 0.6 is 0 Å². The summed E-state index contributed by atoms with van der Waals surface area (Å²) in [6.07, 6.45) is -0.284. The monoisotopic (exact) mass is 235 g/mol. The molecule has 0 saturated carbocycles. The van der Waals surface area contributed by atoms with Crippen molar-refractivity contribution in [2.75, 3.05) is 32.8 Å². The van der Waals surface area contributed by atoms with E-state index in [1.54, 1.807) is 17.0 Å². The summed E-state index contributed by atoms with van der Waals surface area (Å²) in [7, 11) is 0. The van der Waals surface area contributed by atoms with Gasteiger partial charge in [0.25, 0.3) is 0 Å². The van der Waals surface area contributed by atoms with Crippen molar-refractivity contribution < 1.29 is 9.53 Å². The van der Waals surface area contributed by atoms with E-state index in [0.717, 1.165) is 13.1 Å². The maximum Gasteiger partial charge on any atom is 0.415 e. The summed E-state index contributed by atoms with van der Waals surface area (Å²) in [5.74, 6) is 0.582. The highest BCUT2D eigenvalue weighted by atomic mass is 16.6. The second-order valence-corrected chi connectivity index (χ2v) is 3.97. The number of para-hydroxylation sites is 1. The fourth-order valence-electron chi connectivity index (χ4n) is 1.77. The quantitative estimate of drug-likeness (QED) is 0.820. The average Bonchev–Trinajstić information content (AvgIpc) is 2.40.